The monoisotopic (exact) mass is 240 g/mol. The van der Waals surface area contributed by atoms with Gasteiger partial charge in [0.15, 0.2) is 17.5 Å². The van der Waals surface area contributed by atoms with Crippen LogP contribution in [0.3, 0.4) is 0 Å². The van der Waals surface area contributed by atoms with Crippen molar-refractivity contribution in [3.63, 3.8) is 0 Å². The van der Waals surface area contributed by atoms with Crippen LogP contribution < -0.4 is 0 Å². The Morgan fingerprint density at radius 3 is 1.94 bits per heavy atom. The largest absolute Gasteiger partial charge is 0.237 e. The lowest BCUT2D eigenvalue weighted by atomic mass is 10.2. The molecule has 2 nitrogen and oxygen atoms in total. The van der Waals surface area contributed by atoms with Crippen LogP contribution in [0.5, 0.6) is 0 Å². The summed E-state index contributed by atoms with van der Waals surface area (Å²) in [5.41, 5.74) is 2.66. The Morgan fingerprint density at radius 1 is 1.00 bits per heavy atom. The van der Waals surface area contributed by atoms with E-state index in [0.717, 1.165) is 29.1 Å². The van der Waals surface area contributed by atoms with E-state index in [2.05, 4.69) is 5.10 Å². The number of benzene rings is 1. The van der Waals surface area contributed by atoms with Gasteiger partial charge in [0.05, 0.1) is 11.4 Å². The predicted molar refractivity (Wildman–Crippen MR) is 57.6 cm³/mol. The molecule has 0 aliphatic heterocycles. The molecular formula is C12H11F3N2. The molecule has 90 valence electrons. The molecule has 1 heterocycles. The molecule has 2 rings (SSSR count). The summed E-state index contributed by atoms with van der Waals surface area (Å²) in [7, 11) is 0. The van der Waals surface area contributed by atoms with Crippen LogP contribution in [0.15, 0.2) is 12.1 Å². The van der Waals surface area contributed by atoms with Gasteiger partial charge >= 0.3 is 0 Å². The highest BCUT2D eigenvalue weighted by atomic mass is 19.2. The SMILES string of the molecule is Cc1nn(-c2cc(F)c(F)c(F)c2)c(C)c1C. The maximum absolute atomic E-state index is 13.1. The molecule has 0 radical (unpaired) electrons. The Kier molecular flexibility index (Phi) is 2.69. The number of aryl methyl sites for hydroxylation is 1. The molecule has 0 bridgehead atoms. The standard InChI is InChI=1S/C12H11F3N2/c1-6-7(2)16-17(8(6)3)9-4-10(13)12(15)11(14)5-9/h4-5H,1-3H3. The highest BCUT2D eigenvalue weighted by Gasteiger charge is 2.14. The van der Waals surface area contributed by atoms with E-state index in [9.17, 15) is 13.2 Å². The van der Waals surface area contributed by atoms with Crippen molar-refractivity contribution in [1.82, 2.24) is 9.78 Å². The number of hydrogen-bond donors (Lipinski definition) is 0. The second-order valence-corrected chi connectivity index (χ2v) is 3.93. The number of halogens is 3. The summed E-state index contributed by atoms with van der Waals surface area (Å²) in [5, 5.41) is 4.15. The molecule has 0 saturated heterocycles. The minimum Gasteiger partial charge on any atom is -0.237 e. The summed E-state index contributed by atoms with van der Waals surface area (Å²) < 4.78 is 40.4. The van der Waals surface area contributed by atoms with E-state index in [0.29, 0.717) is 0 Å². The molecule has 0 saturated carbocycles. The Balaban J connectivity index is 2.65. The fourth-order valence-corrected chi connectivity index (χ4v) is 1.64. The molecule has 0 N–H and O–H groups in total. The zero-order chi connectivity index (χ0) is 12.7. The minimum absolute atomic E-state index is 0.176. The van der Waals surface area contributed by atoms with Crippen molar-refractivity contribution in [2.24, 2.45) is 0 Å². The van der Waals surface area contributed by atoms with Gasteiger partial charge in [-0.2, -0.15) is 5.10 Å². The fourth-order valence-electron chi connectivity index (χ4n) is 1.64. The molecule has 0 aliphatic rings. The minimum atomic E-state index is -1.47. The summed E-state index contributed by atoms with van der Waals surface area (Å²) in [6.45, 7) is 5.45. The van der Waals surface area contributed by atoms with E-state index in [1.165, 1.54) is 4.68 Å². The molecule has 0 atom stereocenters. The van der Waals surface area contributed by atoms with Crippen LogP contribution in [0.4, 0.5) is 13.2 Å². The van der Waals surface area contributed by atoms with E-state index in [1.807, 2.05) is 6.92 Å². The molecule has 0 unspecified atom stereocenters. The van der Waals surface area contributed by atoms with Crippen LogP contribution in [-0.4, -0.2) is 9.78 Å². The fraction of sp³-hybridized carbons (Fsp3) is 0.250. The Bertz CT molecular complexity index is 565. The smallest absolute Gasteiger partial charge is 0.194 e. The number of aromatic nitrogens is 2. The predicted octanol–water partition coefficient (Wildman–Crippen LogP) is 3.21. The van der Waals surface area contributed by atoms with Crippen molar-refractivity contribution in [2.45, 2.75) is 20.8 Å². The van der Waals surface area contributed by atoms with Crippen LogP contribution in [0.25, 0.3) is 5.69 Å². The summed E-state index contributed by atoms with van der Waals surface area (Å²) in [6, 6.07) is 1.86. The molecule has 2 aromatic rings. The van der Waals surface area contributed by atoms with Crippen molar-refractivity contribution in [1.29, 1.82) is 0 Å². The normalized spacial score (nSPS) is 10.9. The van der Waals surface area contributed by atoms with Gasteiger partial charge in [0.25, 0.3) is 0 Å². The molecule has 1 aromatic heterocycles. The average Bonchev–Trinajstić information content (AvgIpc) is 2.53. The van der Waals surface area contributed by atoms with Crippen LogP contribution in [0.1, 0.15) is 17.0 Å². The van der Waals surface area contributed by atoms with Gasteiger partial charge in [0.2, 0.25) is 0 Å². The van der Waals surface area contributed by atoms with Gasteiger partial charge in [0.1, 0.15) is 0 Å². The lowest BCUT2D eigenvalue weighted by Crippen LogP contribution is -2.02. The molecule has 0 fully saturated rings. The van der Waals surface area contributed by atoms with Crippen molar-refractivity contribution < 1.29 is 13.2 Å². The van der Waals surface area contributed by atoms with E-state index < -0.39 is 17.5 Å². The first-order valence-electron chi connectivity index (χ1n) is 5.09. The van der Waals surface area contributed by atoms with Gasteiger partial charge in [-0.05, 0) is 26.3 Å². The molecule has 0 spiro atoms. The van der Waals surface area contributed by atoms with Crippen molar-refractivity contribution >= 4 is 0 Å². The highest BCUT2D eigenvalue weighted by molar-refractivity contribution is 5.37. The summed E-state index contributed by atoms with van der Waals surface area (Å²) in [6.07, 6.45) is 0. The second kappa shape index (κ2) is 3.91. The van der Waals surface area contributed by atoms with E-state index in [4.69, 9.17) is 0 Å². The molecular weight excluding hydrogens is 229 g/mol. The van der Waals surface area contributed by atoms with Crippen molar-refractivity contribution in [2.75, 3.05) is 0 Å². The van der Waals surface area contributed by atoms with E-state index in [-0.39, 0.29) is 5.69 Å². The lowest BCUT2D eigenvalue weighted by molar-refractivity contribution is 0.446. The summed E-state index contributed by atoms with van der Waals surface area (Å²) >= 11 is 0. The molecule has 1 aromatic carbocycles. The third kappa shape index (κ3) is 1.81. The topological polar surface area (TPSA) is 17.8 Å². The third-order valence-corrected chi connectivity index (χ3v) is 2.87. The summed E-state index contributed by atoms with van der Waals surface area (Å²) in [5.74, 6) is -3.90. The quantitative estimate of drug-likeness (QED) is 0.700. The maximum Gasteiger partial charge on any atom is 0.194 e. The zero-order valence-corrected chi connectivity index (χ0v) is 9.68. The van der Waals surface area contributed by atoms with Gasteiger partial charge in [-0.3, -0.25) is 0 Å². The Labute approximate surface area is 96.7 Å². The molecule has 0 amide bonds. The second-order valence-electron chi connectivity index (χ2n) is 3.93. The maximum atomic E-state index is 13.1. The number of hydrogen-bond acceptors (Lipinski definition) is 1. The van der Waals surface area contributed by atoms with Gasteiger partial charge < -0.3 is 0 Å². The highest BCUT2D eigenvalue weighted by Crippen LogP contribution is 2.20. The van der Waals surface area contributed by atoms with E-state index >= 15 is 0 Å². The first-order chi connectivity index (χ1) is 7.91. The number of nitrogens with zero attached hydrogens (tertiary/aromatic N) is 2. The van der Waals surface area contributed by atoms with Crippen LogP contribution in [0, 0.1) is 38.2 Å². The molecule has 5 heteroatoms. The average molecular weight is 240 g/mol. The summed E-state index contributed by atoms with van der Waals surface area (Å²) in [4.78, 5) is 0. The van der Waals surface area contributed by atoms with Gasteiger partial charge in [-0.1, -0.05) is 0 Å². The first kappa shape index (κ1) is 11.7. The zero-order valence-electron chi connectivity index (χ0n) is 9.68. The third-order valence-electron chi connectivity index (χ3n) is 2.87. The Hall–Kier alpha value is -1.78. The van der Waals surface area contributed by atoms with Crippen LogP contribution in [0.2, 0.25) is 0 Å². The molecule has 0 aliphatic carbocycles. The van der Waals surface area contributed by atoms with Crippen molar-refractivity contribution in [3.8, 4) is 5.69 Å². The van der Waals surface area contributed by atoms with Crippen LogP contribution >= 0.6 is 0 Å². The van der Waals surface area contributed by atoms with E-state index in [1.54, 1.807) is 13.8 Å². The lowest BCUT2D eigenvalue weighted by Gasteiger charge is -2.06. The van der Waals surface area contributed by atoms with Gasteiger partial charge in [-0.25, -0.2) is 17.9 Å². The van der Waals surface area contributed by atoms with Crippen LogP contribution in [-0.2, 0) is 0 Å². The van der Waals surface area contributed by atoms with Gasteiger partial charge in [-0.15, -0.1) is 0 Å². The van der Waals surface area contributed by atoms with Gasteiger partial charge in [0, 0.05) is 17.8 Å². The van der Waals surface area contributed by atoms with Crippen molar-refractivity contribution in [3.05, 3.63) is 46.5 Å². The Morgan fingerprint density at radius 2 is 1.53 bits per heavy atom. The first-order valence-corrected chi connectivity index (χ1v) is 5.09. The molecule has 17 heavy (non-hydrogen) atoms. The number of rotatable bonds is 1.